The van der Waals surface area contributed by atoms with Crippen molar-refractivity contribution in [3.63, 3.8) is 0 Å². The van der Waals surface area contributed by atoms with Gasteiger partial charge in [0.1, 0.15) is 0 Å². The lowest BCUT2D eigenvalue weighted by Gasteiger charge is -2.21. The average Bonchev–Trinajstić information content (AvgIpc) is 2.76. The number of anilines is 1. The first kappa shape index (κ1) is 17.3. The van der Waals surface area contributed by atoms with Crippen molar-refractivity contribution in [2.75, 3.05) is 31.2 Å². The van der Waals surface area contributed by atoms with Crippen LogP contribution < -0.4 is 5.32 Å². The van der Waals surface area contributed by atoms with E-state index < -0.39 is 10.8 Å². The van der Waals surface area contributed by atoms with Gasteiger partial charge in [-0.05, 0) is 30.5 Å². The Kier molecular flexibility index (Phi) is 6.70. The standard InChI is InChI=1S/C16H23ClN2O2S/c1-22(21)12-13-6-7-14(17)15(10-13)18-11-16(20)19-8-4-2-3-5-9-19/h6-7,10,18H,2-5,8-9,11-12H2,1H3. The van der Waals surface area contributed by atoms with Crippen LogP contribution in [0, 0.1) is 0 Å². The SMILES string of the molecule is CS(=O)Cc1ccc(Cl)c(NCC(=O)N2CCCCCC2)c1. The smallest absolute Gasteiger partial charge is 0.241 e. The average molecular weight is 343 g/mol. The van der Waals surface area contributed by atoms with Gasteiger partial charge >= 0.3 is 0 Å². The van der Waals surface area contributed by atoms with Gasteiger partial charge in [-0.1, -0.05) is 30.5 Å². The number of rotatable bonds is 5. The zero-order valence-electron chi connectivity index (χ0n) is 12.9. The van der Waals surface area contributed by atoms with Gasteiger partial charge in [0.2, 0.25) is 5.91 Å². The minimum Gasteiger partial charge on any atom is -0.375 e. The molecule has 2 rings (SSSR count). The van der Waals surface area contributed by atoms with Gasteiger partial charge in [0, 0.05) is 35.9 Å². The summed E-state index contributed by atoms with van der Waals surface area (Å²) in [6.45, 7) is 1.95. The minimum absolute atomic E-state index is 0.113. The number of halogens is 1. The van der Waals surface area contributed by atoms with Gasteiger partial charge in [0.15, 0.2) is 0 Å². The van der Waals surface area contributed by atoms with Crippen LogP contribution in [0.5, 0.6) is 0 Å². The van der Waals surface area contributed by atoms with E-state index in [-0.39, 0.29) is 12.5 Å². The first-order chi connectivity index (χ1) is 10.6. The molecule has 1 N–H and O–H groups in total. The van der Waals surface area contributed by atoms with Crippen molar-refractivity contribution in [1.29, 1.82) is 0 Å². The molecule has 1 atom stereocenters. The Hall–Kier alpha value is -1.07. The van der Waals surface area contributed by atoms with Crippen molar-refractivity contribution < 1.29 is 9.00 Å². The van der Waals surface area contributed by atoms with Gasteiger partial charge in [-0.2, -0.15) is 0 Å². The van der Waals surface area contributed by atoms with Crippen LogP contribution in [0.15, 0.2) is 18.2 Å². The van der Waals surface area contributed by atoms with E-state index in [1.54, 1.807) is 12.3 Å². The summed E-state index contributed by atoms with van der Waals surface area (Å²) < 4.78 is 11.3. The normalized spacial score (nSPS) is 16.9. The highest BCUT2D eigenvalue weighted by Gasteiger charge is 2.15. The molecule has 0 aliphatic carbocycles. The summed E-state index contributed by atoms with van der Waals surface area (Å²) in [6.07, 6.45) is 6.26. The number of amides is 1. The molecule has 6 heteroatoms. The third kappa shape index (κ3) is 5.29. The highest BCUT2D eigenvalue weighted by atomic mass is 35.5. The van der Waals surface area contributed by atoms with Gasteiger partial charge in [0.25, 0.3) is 0 Å². The first-order valence-corrected chi connectivity index (χ1v) is 9.77. The fourth-order valence-corrected chi connectivity index (χ4v) is 3.47. The van der Waals surface area contributed by atoms with E-state index in [2.05, 4.69) is 5.32 Å². The van der Waals surface area contributed by atoms with E-state index in [4.69, 9.17) is 11.6 Å². The Balaban J connectivity index is 1.95. The van der Waals surface area contributed by atoms with Crippen molar-refractivity contribution >= 4 is 34.0 Å². The summed E-state index contributed by atoms with van der Waals surface area (Å²) in [5, 5.41) is 3.70. The Bertz CT molecular complexity index is 543. The van der Waals surface area contributed by atoms with Crippen molar-refractivity contribution in [3.8, 4) is 0 Å². The number of nitrogens with one attached hydrogen (secondary N) is 1. The molecule has 4 nitrogen and oxygen atoms in total. The maximum Gasteiger partial charge on any atom is 0.241 e. The molecule has 122 valence electrons. The van der Waals surface area contributed by atoms with Crippen LogP contribution in [0.25, 0.3) is 0 Å². The van der Waals surface area contributed by atoms with Crippen LogP contribution in [0.2, 0.25) is 5.02 Å². The van der Waals surface area contributed by atoms with Crippen LogP contribution in [-0.4, -0.2) is 40.9 Å². The molecular formula is C16H23ClN2O2S. The van der Waals surface area contributed by atoms with Crippen LogP contribution >= 0.6 is 11.6 Å². The van der Waals surface area contributed by atoms with Crippen LogP contribution in [0.1, 0.15) is 31.2 Å². The largest absolute Gasteiger partial charge is 0.375 e. The highest BCUT2D eigenvalue weighted by molar-refractivity contribution is 7.83. The highest BCUT2D eigenvalue weighted by Crippen LogP contribution is 2.23. The van der Waals surface area contributed by atoms with Gasteiger partial charge in [-0.25, -0.2) is 0 Å². The van der Waals surface area contributed by atoms with Crippen LogP contribution in [0.4, 0.5) is 5.69 Å². The van der Waals surface area contributed by atoms with Gasteiger partial charge < -0.3 is 10.2 Å². The van der Waals surface area contributed by atoms with E-state index >= 15 is 0 Å². The quantitative estimate of drug-likeness (QED) is 0.894. The number of carbonyl (C=O) groups is 1. The lowest BCUT2D eigenvalue weighted by molar-refractivity contribution is -0.129. The second-order valence-electron chi connectivity index (χ2n) is 5.68. The van der Waals surface area contributed by atoms with Gasteiger partial charge in [-0.3, -0.25) is 9.00 Å². The molecule has 1 aliphatic rings. The molecule has 1 saturated heterocycles. The number of hydrogen-bond donors (Lipinski definition) is 1. The molecular weight excluding hydrogens is 320 g/mol. The minimum atomic E-state index is -0.896. The third-order valence-corrected chi connectivity index (χ3v) is 4.86. The molecule has 1 aromatic carbocycles. The maximum absolute atomic E-state index is 12.3. The molecule has 22 heavy (non-hydrogen) atoms. The Morgan fingerprint density at radius 2 is 1.95 bits per heavy atom. The summed E-state index contributed by atoms with van der Waals surface area (Å²) in [5.74, 6) is 0.605. The Morgan fingerprint density at radius 1 is 1.27 bits per heavy atom. The summed E-state index contributed by atoms with van der Waals surface area (Å²) in [6, 6.07) is 5.52. The molecule has 1 aliphatic heterocycles. The number of likely N-dealkylation sites (tertiary alicyclic amines) is 1. The van der Waals surface area contributed by atoms with Crippen molar-refractivity contribution in [2.45, 2.75) is 31.4 Å². The lowest BCUT2D eigenvalue weighted by atomic mass is 10.2. The van der Waals surface area contributed by atoms with E-state index in [1.165, 1.54) is 12.8 Å². The molecule has 1 unspecified atom stereocenters. The van der Waals surface area contributed by atoms with E-state index in [0.717, 1.165) is 37.2 Å². The van der Waals surface area contributed by atoms with Crippen LogP contribution in [0.3, 0.4) is 0 Å². The molecule has 1 aromatic rings. The maximum atomic E-state index is 12.3. The summed E-state index contributed by atoms with van der Waals surface area (Å²) in [7, 11) is -0.896. The van der Waals surface area contributed by atoms with Crippen molar-refractivity contribution in [1.82, 2.24) is 4.90 Å². The fourth-order valence-electron chi connectivity index (χ4n) is 2.64. The summed E-state index contributed by atoms with van der Waals surface area (Å²) in [4.78, 5) is 14.2. The van der Waals surface area contributed by atoms with Gasteiger partial charge in [0.05, 0.1) is 17.3 Å². The second-order valence-corrected chi connectivity index (χ2v) is 7.52. The first-order valence-electron chi connectivity index (χ1n) is 7.66. The topological polar surface area (TPSA) is 49.4 Å². The summed E-state index contributed by atoms with van der Waals surface area (Å²) >= 11 is 6.16. The van der Waals surface area contributed by atoms with Crippen molar-refractivity contribution in [2.24, 2.45) is 0 Å². The van der Waals surface area contributed by atoms with Gasteiger partial charge in [-0.15, -0.1) is 0 Å². The predicted molar refractivity (Wildman–Crippen MR) is 92.8 cm³/mol. The van der Waals surface area contributed by atoms with E-state index in [1.807, 2.05) is 17.0 Å². The molecule has 1 amide bonds. The molecule has 0 radical (unpaired) electrons. The number of hydrogen-bond acceptors (Lipinski definition) is 3. The fraction of sp³-hybridized carbons (Fsp3) is 0.562. The molecule has 0 bridgehead atoms. The third-order valence-electron chi connectivity index (χ3n) is 3.79. The molecule has 0 saturated carbocycles. The Morgan fingerprint density at radius 3 is 2.59 bits per heavy atom. The lowest BCUT2D eigenvalue weighted by Crippen LogP contribution is -2.36. The molecule has 1 heterocycles. The molecule has 0 spiro atoms. The molecule has 1 fully saturated rings. The molecule has 0 aromatic heterocycles. The number of nitrogens with zero attached hydrogens (tertiary/aromatic N) is 1. The van der Waals surface area contributed by atoms with Crippen LogP contribution in [-0.2, 0) is 21.3 Å². The monoisotopic (exact) mass is 342 g/mol. The van der Waals surface area contributed by atoms with E-state index in [9.17, 15) is 9.00 Å². The summed E-state index contributed by atoms with van der Waals surface area (Å²) in [5.41, 5.74) is 1.68. The zero-order chi connectivity index (χ0) is 15.9. The number of carbonyl (C=O) groups excluding carboxylic acids is 1. The number of benzene rings is 1. The predicted octanol–water partition coefficient (Wildman–Crippen LogP) is 3.03. The second kappa shape index (κ2) is 8.53. The zero-order valence-corrected chi connectivity index (χ0v) is 14.5. The Labute approximate surface area is 139 Å². The van der Waals surface area contributed by atoms with Crippen molar-refractivity contribution in [3.05, 3.63) is 28.8 Å². The van der Waals surface area contributed by atoms with E-state index in [0.29, 0.717) is 10.8 Å².